The summed E-state index contributed by atoms with van der Waals surface area (Å²) in [6.45, 7) is 4.32. The van der Waals surface area contributed by atoms with Crippen molar-refractivity contribution in [1.82, 2.24) is 4.90 Å². The van der Waals surface area contributed by atoms with Crippen molar-refractivity contribution in [2.45, 2.75) is 51.5 Å². The van der Waals surface area contributed by atoms with E-state index in [9.17, 15) is 5.11 Å². The van der Waals surface area contributed by atoms with Crippen LogP contribution in [0.3, 0.4) is 0 Å². The highest BCUT2D eigenvalue weighted by atomic mass is 16.3. The normalized spacial score (nSPS) is 17.8. The van der Waals surface area contributed by atoms with E-state index < -0.39 is 0 Å². The molecule has 3 heteroatoms. The molecule has 2 rings (SSSR count). The van der Waals surface area contributed by atoms with Gasteiger partial charge in [-0.25, -0.2) is 0 Å². The molecule has 1 aromatic carbocycles. The molecule has 0 aromatic heterocycles. The van der Waals surface area contributed by atoms with Crippen LogP contribution >= 0.6 is 0 Å². The van der Waals surface area contributed by atoms with E-state index in [1.165, 1.54) is 5.56 Å². The maximum Gasteiger partial charge on any atom is 0.119 e. The summed E-state index contributed by atoms with van der Waals surface area (Å²) >= 11 is 0. The summed E-state index contributed by atoms with van der Waals surface area (Å²) in [4.78, 5) is 2.53. The molecule has 1 N–H and O–H groups in total. The quantitative estimate of drug-likeness (QED) is 0.809. The van der Waals surface area contributed by atoms with Crippen LogP contribution in [0.1, 0.15) is 43.7 Å². The van der Waals surface area contributed by atoms with Crippen molar-refractivity contribution in [2.75, 3.05) is 13.1 Å². The third kappa shape index (κ3) is 3.52. The van der Waals surface area contributed by atoms with Crippen molar-refractivity contribution in [2.24, 2.45) is 0 Å². The van der Waals surface area contributed by atoms with E-state index in [1.54, 1.807) is 6.07 Å². The highest BCUT2D eigenvalue weighted by Crippen LogP contribution is 2.30. The molecule has 1 atom stereocenters. The molecule has 0 amide bonds. The minimum atomic E-state index is 0.451. The van der Waals surface area contributed by atoms with Crippen LogP contribution in [0, 0.1) is 11.3 Å². The minimum Gasteiger partial charge on any atom is -0.508 e. The van der Waals surface area contributed by atoms with Crippen molar-refractivity contribution in [3.63, 3.8) is 0 Å². The summed E-state index contributed by atoms with van der Waals surface area (Å²) in [6, 6.07) is 8.66. The second-order valence-electron chi connectivity index (χ2n) is 5.61. The Labute approximate surface area is 121 Å². The van der Waals surface area contributed by atoms with E-state index in [-0.39, 0.29) is 0 Å². The number of phenols is 1. The fraction of sp³-hybridized carbons (Fsp3) is 0.588. The Kier molecular flexibility index (Phi) is 5.43. The zero-order valence-electron chi connectivity index (χ0n) is 12.3. The van der Waals surface area contributed by atoms with Gasteiger partial charge >= 0.3 is 0 Å². The maximum atomic E-state index is 9.91. The average Bonchev–Trinajstić information content (AvgIpc) is 2.46. The standard InChI is InChI=1S/C17H24N2O/c1-2-11-19(12-4-3-10-18)15-8-9-16-14(13-15)6-5-7-17(16)20/h5-7,15,20H,2-4,8-9,11-13H2,1H3/t15-/m1/s1. The first-order valence-corrected chi connectivity index (χ1v) is 7.67. The number of hydrogen-bond acceptors (Lipinski definition) is 3. The van der Waals surface area contributed by atoms with Crippen LogP contribution in [-0.2, 0) is 12.8 Å². The predicted molar refractivity (Wildman–Crippen MR) is 80.6 cm³/mol. The molecule has 0 aliphatic heterocycles. The van der Waals surface area contributed by atoms with Crippen LogP contribution in [0.25, 0.3) is 0 Å². The van der Waals surface area contributed by atoms with Gasteiger partial charge in [-0.2, -0.15) is 5.26 Å². The number of rotatable bonds is 6. The number of hydrogen-bond donors (Lipinski definition) is 1. The summed E-state index contributed by atoms with van der Waals surface area (Å²) in [5, 5.41) is 18.6. The highest BCUT2D eigenvalue weighted by Gasteiger charge is 2.24. The van der Waals surface area contributed by atoms with Crippen LogP contribution in [0.5, 0.6) is 5.75 Å². The lowest BCUT2D eigenvalue weighted by molar-refractivity contribution is 0.177. The van der Waals surface area contributed by atoms with Gasteiger partial charge in [-0.15, -0.1) is 0 Å². The average molecular weight is 272 g/mol. The van der Waals surface area contributed by atoms with Gasteiger partial charge in [0, 0.05) is 12.5 Å². The van der Waals surface area contributed by atoms with Crippen LogP contribution in [0.2, 0.25) is 0 Å². The van der Waals surface area contributed by atoms with E-state index in [1.807, 2.05) is 6.07 Å². The van der Waals surface area contributed by atoms with Gasteiger partial charge in [0.05, 0.1) is 6.07 Å². The van der Waals surface area contributed by atoms with Gasteiger partial charge in [-0.3, -0.25) is 0 Å². The number of phenolic OH excluding ortho intramolecular Hbond substituents is 1. The smallest absolute Gasteiger partial charge is 0.119 e. The van der Waals surface area contributed by atoms with E-state index in [4.69, 9.17) is 5.26 Å². The molecular weight excluding hydrogens is 248 g/mol. The fourth-order valence-electron chi connectivity index (χ4n) is 3.20. The first-order chi connectivity index (χ1) is 9.76. The molecule has 20 heavy (non-hydrogen) atoms. The number of aromatic hydroxyl groups is 1. The van der Waals surface area contributed by atoms with Crippen molar-refractivity contribution in [1.29, 1.82) is 5.26 Å². The lowest BCUT2D eigenvalue weighted by atomic mass is 9.86. The van der Waals surface area contributed by atoms with Crippen molar-refractivity contribution < 1.29 is 5.11 Å². The van der Waals surface area contributed by atoms with E-state index >= 15 is 0 Å². The Bertz CT molecular complexity index is 478. The van der Waals surface area contributed by atoms with Gasteiger partial charge in [0.1, 0.15) is 5.75 Å². The number of benzene rings is 1. The molecule has 0 fully saturated rings. The van der Waals surface area contributed by atoms with Gasteiger partial charge in [-0.05, 0) is 62.4 Å². The summed E-state index contributed by atoms with van der Waals surface area (Å²) in [7, 11) is 0. The Morgan fingerprint density at radius 1 is 1.40 bits per heavy atom. The summed E-state index contributed by atoms with van der Waals surface area (Å²) in [6.07, 6.45) is 5.85. The lowest BCUT2D eigenvalue weighted by Crippen LogP contribution is -2.40. The topological polar surface area (TPSA) is 47.3 Å². The molecular formula is C17H24N2O. The molecule has 1 aliphatic rings. The van der Waals surface area contributed by atoms with Gasteiger partial charge in [0.25, 0.3) is 0 Å². The molecule has 0 radical (unpaired) electrons. The molecule has 108 valence electrons. The molecule has 0 saturated heterocycles. The third-order valence-electron chi connectivity index (χ3n) is 4.19. The Hall–Kier alpha value is -1.53. The highest BCUT2D eigenvalue weighted by molar-refractivity contribution is 5.41. The lowest BCUT2D eigenvalue weighted by Gasteiger charge is -2.35. The Morgan fingerprint density at radius 2 is 2.25 bits per heavy atom. The van der Waals surface area contributed by atoms with E-state index in [0.29, 0.717) is 18.2 Å². The molecule has 0 unspecified atom stereocenters. The van der Waals surface area contributed by atoms with Gasteiger partial charge in [-0.1, -0.05) is 19.1 Å². The second kappa shape index (κ2) is 7.31. The number of fused-ring (bicyclic) bond motifs is 1. The van der Waals surface area contributed by atoms with Crippen molar-refractivity contribution in [3.8, 4) is 11.8 Å². The SMILES string of the molecule is CCCN(CCCC#N)[C@@H]1CCc2c(O)cccc2C1. The zero-order valence-corrected chi connectivity index (χ0v) is 12.3. The fourth-order valence-corrected chi connectivity index (χ4v) is 3.20. The van der Waals surface area contributed by atoms with Crippen LogP contribution < -0.4 is 0 Å². The van der Waals surface area contributed by atoms with Crippen molar-refractivity contribution in [3.05, 3.63) is 29.3 Å². The Morgan fingerprint density at radius 3 is 3.00 bits per heavy atom. The Balaban J connectivity index is 2.03. The van der Waals surface area contributed by atoms with E-state index in [0.717, 1.165) is 50.8 Å². The van der Waals surface area contributed by atoms with E-state index in [2.05, 4.69) is 24.0 Å². The predicted octanol–water partition coefficient (Wildman–Crippen LogP) is 3.27. The number of unbranched alkanes of at least 4 members (excludes halogenated alkanes) is 1. The van der Waals surface area contributed by atoms with Crippen LogP contribution in [-0.4, -0.2) is 29.1 Å². The summed E-state index contributed by atoms with van der Waals surface area (Å²) in [5.41, 5.74) is 2.43. The molecule has 1 aromatic rings. The van der Waals surface area contributed by atoms with Crippen molar-refractivity contribution >= 4 is 0 Å². The maximum absolute atomic E-state index is 9.91. The molecule has 3 nitrogen and oxygen atoms in total. The first kappa shape index (κ1) is 14.9. The largest absolute Gasteiger partial charge is 0.508 e. The molecule has 0 bridgehead atoms. The first-order valence-electron chi connectivity index (χ1n) is 7.67. The molecule has 0 spiro atoms. The number of nitriles is 1. The monoisotopic (exact) mass is 272 g/mol. The van der Waals surface area contributed by atoms with Crippen LogP contribution in [0.15, 0.2) is 18.2 Å². The molecule has 1 aliphatic carbocycles. The molecule has 0 saturated carbocycles. The second-order valence-corrected chi connectivity index (χ2v) is 5.61. The van der Waals surface area contributed by atoms with Gasteiger partial charge < -0.3 is 10.0 Å². The minimum absolute atomic E-state index is 0.451. The number of nitrogens with zero attached hydrogens (tertiary/aromatic N) is 2. The van der Waals surface area contributed by atoms with Gasteiger partial charge in [0.2, 0.25) is 0 Å². The van der Waals surface area contributed by atoms with Crippen LogP contribution in [0.4, 0.5) is 0 Å². The summed E-state index contributed by atoms with van der Waals surface area (Å²) < 4.78 is 0. The zero-order chi connectivity index (χ0) is 14.4. The summed E-state index contributed by atoms with van der Waals surface area (Å²) in [5.74, 6) is 0.451. The third-order valence-corrected chi connectivity index (χ3v) is 4.19. The van der Waals surface area contributed by atoms with Gasteiger partial charge in [0.15, 0.2) is 0 Å². The molecule has 0 heterocycles.